The number of halogens is 1. The van der Waals surface area contributed by atoms with Crippen molar-refractivity contribution in [1.29, 1.82) is 0 Å². The minimum atomic E-state index is 0. The van der Waals surface area contributed by atoms with E-state index in [0.717, 1.165) is 55.6 Å². The molecule has 33 heavy (non-hydrogen) atoms. The summed E-state index contributed by atoms with van der Waals surface area (Å²) in [4.78, 5) is 11.6. The average Bonchev–Trinajstić information content (AvgIpc) is 2.82. The number of aromatic nitrogens is 1. The molecule has 0 saturated carbocycles. The molecule has 2 aromatic rings. The number of pyridine rings is 1. The molecule has 1 unspecified atom stereocenters. The molecular weight excluding hydrogens is 529 g/mol. The lowest BCUT2D eigenvalue weighted by molar-refractivity contribution is 0.292. The smallest absolute Gasteiger partial charge is 0.219 e. The summed E-state index contributed by atoms with van der Waals surface area (Å²) in [6.45, 7) is 13.5. The standard InChI is InChI=1S/C25H39N5O2.HI/c1-6-26-25(29-20(4)10-9-17-30(7-2)8-3)28-19-21-11-16-24(27-18-21)32-23-14-12-22(31-5)13-15-23;/h11-16,18,20H,6-10,17,19H2,1-5H3,(H2,26,28,29);1H. The van der Waals surface area contributed by atoms with Crippen molar-refractivity contribution in [3.05, 3.63) is 48.2 Å². The Kier molecular flexibility index (Phi) is 14.5. The van der Waals surface area contributed by atoms with Crippen molar-refractivity contribution in [2.45, 2.75) is 53.1 Å². The highest BCUT2D eigenvalue weighted by molar-refractivity contribution is 14.0. The fourth-order valence-electron chi connectivity index (χ4n) is 3.29. The third-order valence-corrected chi connectivity index (χ3v) is 5.23. The van der Waals surface area contributed by atoms with Gasteiger partial charge in [0.2, 0.25) is 5.88 Å². The van der Waals surface area contributed by atoms with Gasteiger partial charge in [-0.05, 0) is 76.2 Å². The number of hydrogen-bond acceptors (Lipinski definition) is 5. The van der Waals surface area contributed by atoms with E-state index in [1.165, 1.54) is 6.42 Å². The molecule has 0 aliphatic rings. The van der Waals surface area contributed by atoms with Crippen LogP contribution < -0.4 is 20.1 Å². The summed E-state index contributed by atoms with van der Waals surface area (Å²) in [5.74, 6) is 2.90. The van der Waals surface area contributed by atoms with Crippen LogP contribution in [-0.2, 0) is 6.54 Å². The van der Waals surface area contributed by atoms with Gasteiger partial charge < -0.3 is 25.0 Å². The summed E-state index contributed by atoms with van der Waals surface area (Å²) in [5.41, 5.74) is 1.03. The first-order valence-electron chi connectivity index (χ1n) is 11.6. The van der Waals surface area contributed by atoms with Crippen LogP contribution >= 0.6 is 24.0 Å². The zero-order valence-corrected chi connectivity index (χ0v) is 23.0. The molecule has 1 heterocycles. The van der Waals surface area contributed by atoms with Gasteiger partial charge in [0.1, 0.15) is 11.5 Å². The highest BCUT2D eigenvalue weighted by atomic mass is 127. The van der Waals surface area contributed by atoms with Gasteiger partial charge in [0.25, 0.3) is 0 Å². The van der Waals surface area contributed by atoms with Crippen LogP contribution in [0.3, 0.4) is 0 Å². The molecule has 2 N–H and O–H groups in total. The number of nitrogens with zero attached hydrogens (tertiary/aromatic N) is 3. The predicted octanol–water partition coefficient (Wildman–Crippen LogP) is 5.07. The molecule has 0 spiro atoms. The van der Waals surface area contributed by atoms with Crippen molar-refractivity contribution < 1.29 is 9.47 Å². The van der Waals surface area contributed by atoms with Crippen LogP contribution in [0.5, 0.6) is 17.4 Å². The quantitative estimate of drug-likeness (QED) is 0.200. The van der Waals surface area contributed by atoms with Crippen LogP contribution in [0.1, 0.15) is 46.1 Å². The maximum atomic E-state index is 5.79. The summed E-state index contributed by atoms with van der Waals surface area (Å²) >= 11 is 0. The van der Waals surface area contributed by atoms with E-state index >= 15 is 0 Å². The molecule has 0 aliphatic carbocycles. The van der Waals surface area contributed by atoms with Crippen molar-refractivity contribution in [2.24, 2.45) is 4.99 Å². The minimum Gasteiger partial charge on any atom is -0.497 e. The number of methoxy groups -OCH3 is 1. The molecule has 2 rings (SSSR count). The molecule has 0 amide bonds. The molecule has 0 radical (unpaired) electrons. The number of rotatable bonds is 13. The van der Waals surface area contributed by atoms with Crippen LogP contribution in [0.4, 0.5) is 0 Å². The van der Waals surface area contributed by atoms with Crippen molar-refractivity contribution in [2.75, 3.05) is 33.3 Å². The monoisotopic (exact) mass is 569 g/mol. The largest absolute Gasteiger partial charge is 0.497 e. The number of ether oxygens (including phenoxy) is 2. The SMILES string of the molecule is CCNC(=NCc1ccc(Oc2ccc(OC)cc2)nc1)NC(C)CCCN(CC)CC.I. The van der Waals surface area contributed by atoms with E-state index < -0.39 is 0 Å². The Hall–Kier alpha value is -2.07. The van der Waals surface area contributed by atoms with Crippen LogP contribution in [-0.4, -0.2) is 55.2 Å². The second-order valence-corrected chi connectivity index (χ2v) is 7.69. The van der Waals surface area contributed by atoms with E-state index in [2.05, 4.69) is 48.2 Å². The van der Waals surface area contributed by atoms with Gasteiger partial charge in [-0.2, -0.15) is 0 Å². The number of nitrogens with one attached hydrogen (secondary N) is 2. The number of hydrogen-bond donors (Lipinski definition) is 2. The fraction of sp³-hybridized carbons (Fsp3) is 0.520. The molecule has 1 aromatic carbocycles. The van der Waals surface area contributed by atoms with Gasteiger partial charge in [-0.1, -0.05) is 19.9 Å². The van der Waals surface area contributed by atoms with E-state index in [-0.39, 0.29) is 24.0 Å². The highest BCUT2D eigenvalue weighted by Crippen LogP contribution is 2.22. The van der Waals surface area contributed by atoms with E-state index in [9.17, 15) is 0 Å². The van der Waals surface area contributed by atoms with Crippen LogP contribution in [0.15, 0.2) is 47.6 Å². The van der Waals surface area contributed by atoms with Gasteiger partial charge in [-0.15, -0.1) is 24.0 Å². The lowest BCUT2D eigenvalue weighted by Crippen LogP contribution is -2.42. The summed E-state index contributed by atoms with van der Waals surface area (Å²) in [6.07, 6.45) is 4.09. The predicted molar refractivity (Wildman–Crippen MR) is 147 cm³/mol. The molecular formula is C25H40IN5O2. The molecule has 0 bridgehead atoms. The van der Waals surface area contributed by atoms with Gasteiger partial charge in [-0.25, -0.2) is 9.98 Å². The lowest BCUT2D eigenvalue weighted by Gasteiger charge is -2.21. The fourth-order valence-corrected chi connectivity index (χ4v) is 3.29. The minimum absolute atomic E-state index is 0. The maximum Gasteiger partial charge on any atom is 0.219 e. The maximum absolute atomic E-state index is 5.79. The van der Waals surface area contributed by atoms with E-state index in [1.807, 2.05) is 36.4 Å². The highest BCUT2D eigenvalue weighted by Gasteiger charge is 2.07. The Morgan fingerprint density at radius 3 is 2.33 bits per heavy atom. The second kappa shape index (κ2) is 16.5. The van der Waals surface area contributed by atoms with Gasteiger partial charge in [0.15, 0.2) is 5.96 Å². The molecule has 1 aromatic heterocycles. The Morgan fingerprint density at radius 2 is 1.76 bits per heavy atom. The van der Waals surface area contributed by atoms with Crippen molar-refractivity contribution in [3.63, 3.8) is 0 Å². The first-order valence-corrected chi connectivity index (χ1v) is 11.6. The second-order valence-electron chi connectivity index (χ2n) is 7.69. The van der Waals surface area contributed by atoms with E-state index in [1.54, 1.807) is 13.3 Å². The van der Waals surface area contributed by atoms with Gasteiger partial charge in [-0.3, -0.25) is 0 Å². The normalized spacial score (nSPS) is 12.1. The van der Waals surface area contributed by atoms with Crippen molar-refractivity contribution in [3.8, 4) is 17.4 Å². The molecule has 0 saturated heterocycles. The first-order chi connectivity index (χ1) is 15.6. The summed E-state index contributed by atoms with van der Waals surface area (Å²) in [6, 6.07) is 11.7. The summed E-state index contributed by atoms with van der Waals surface area (Å²) < 4.78 is 11.0. The molecule has 0 aliphatic heterocycles. The Labute approximate surface area is 216 Å². The van der Waals surface area contributed by atoms with E-state index in [4.69, 9.17) is 14.5 Å². The van der Waals surface area contributed by atoms with Crippen molar-refractivity contribution in [1.82, 2.24) is 20.5 Å². The zero-order chi connectivity index (χ0) is 23.2. The zero-order valence-electron chi connectivity index (χ0n) is 20.6. The Balaban J connectivity index is 0.00000544. The molecule has 7 nitrogen and oxygen atoms in total. The van der Waals surface area contributed by atoms with Crippen LogP contribution in [0.2, 0.25) is 0 Å². The molecule has 8 heteroatoms. The van der Waals surface area contributed by atoms with Crippen molar-refractivity contribution >= 4 is 29.9 Å². The average molecular weight is 570 g/mol. The van der Waals surface area contributed by atoms with Crippen LogP contribution in [0, 0.1) is 0 Å². The Morgan fingerprint density at radius 1 is 1.06 bits per heavy atom. The van der Waals surface area contributed by atoms with Gasteiger partial charge >= 0.3 is 0 Å². The summed E-state index contributed by atoms with van der Waals surface area (Å²) in [7, 11) is 1.64. The summed E-state index contributed by atoms with van der Waals surface area (Å²) in [5, 5.41) is 6.85. The number of guanidine groups is 1. The molecule has 1 atom stereocenters. The number of benzene rings is 1. The van der Waals surface area contributed by atoms with Gasteiger partial charge in [0.05, 0.1) is 13.7 Å². The topological polar surface area (TPSA) is 71.0 Å². The lowest BCUT2D eigenvalue weighted by atomic mass is 10.2. The van der Waals surface area contributed by atoms with Gasteiger partial charge in [0, 0.05) is 24.8 Å². The van der Waals surface area contributed by atoms with Crippen LogP contribution in [0.25, 0.3) is 0 Å². The Bertz CT molecular complexity index is 795. The third kappa shape index (κ3) is 11.1. The first kappa shape index (κ1) is 29.0. The molecule has 184 valence electrons. The molecule has 0 fully saturated rings. The van der Waals surface area contributed by atoms with E-state index in [0.29, 0.717) is 18.5 Å². The third-order valence-electron chi connectivity index (χ3n) is 5.23. The number of aliphatic imine (C=N–C) groups is 1.